The van der Waals surface area contributed by atoms with Crippen LogP contribution in [0.25, 0.3) is 0 Å². The van der Waals surface area contributed by atoms with Crippen LogP contribution in [0.3, 0.4) is 0 Å². The Hall–Kier alpha value is -1.95. The number of nitrogens with one attached hydrogen (secondary N) is 1. The van der Waals surface area contributed by atoms with E-state index in [0.717, 1.165) is 11.6 Å². The summed E-state index contributed by atoms with van der Waals surface area (Å²) < 4.78 is 7.80. The maximum Gasteiger partial charge on any atom is 0.214 e. The Morgan fingerprint density at radius 3 is 2.60 bits per heavy atom. The molecule has 25 heavy (non-hydrogen) atoms. The lowest BCUT2D eigenvalue weighted by atomic mass is 9.95. The van der Waals surface area contributed by atoms with Crippen LogP contribution in [0.2, 0.25) is 0 Å². The zero-order valence-electron chi connectivity index (χ0n) is 15.0. The molecule has 4 rings (SSSR count). The van der Waals surface area contributed by atoms with Crippen LogP contribution in [0.1, 0.15) is 68.4 Å². The van der Waals surface area contributed by atoms with Crippen LogP contribution < -0.4 is 9.64 Å². The number of ether oxygens (including phenoxy) is 1. The summed E-state index contributed by atoms with van der Waals surface area (Å²) >= 11 is 0. The normalized spacial score (nSPS) is 20.7. The van der Waals surface area contributed by atoms with Crippen molar-refractivity contribution in [2.45, 2.75) is 57.0 Å². The van der Waals surface area contributed by atoms with Gasteiger partial charge in [0.1, 0.15) is 5.75 Å². The van der Waals surface area contributed by atoms with E-state index in [9.17, 15) is 0 Å². The molecule has 0 unspecified atom stereocenters. The molecule has 6 nitrogen and oxygen atoms in total. The Morgan fingerprint density at radius 2 is 1.84 bits per heavy atom. The summed E-state index contributed by atoms with van der Waals surface area (Å²) in [5.41, 5.74) is 1.20. The van der Waals surface area contributed by atoms with E-state index in [4.69, 9.17) is 4.74 Å². The van der Waals surface area contributed by atoms with Gasteiger partial charge in [0.25, 0.3) is 0 Å². The third kappa shape index (κ3) is 3.27. The van der Waals surface area contributed by atoms with Crippen LogP contribution in [0.15, 0.2) is 24.3 Å². The number of hydrogen-bond donors (Lipinski definition) is 1. The molecule has 0 radical (unpaired) electrons. The number of aromatic nitrogens is 4. The predicted molar refractivity (Wildman–Crippen MR) is 94.7 cm³/mol. The molecule has 0 amide bonds. The second-order valence-corrected chi connectivity index (χ2v) is 7.31. The largest absolute Gasteiger partial charge is 0.496 e. The Labute approximate surface area is 149 Å². The molecule has 1 saturated heterocycles. The molecule has 2 aromatic rings. The topological polar surface area (TPSA) is 57.3 Å². The van der Waals surface area contributed by atoms with E-state index in [1.54, 1.807) is 12.0 Å². The maximum atomic E-state index is 5.68. The summed E-state index contributed by atoms with van der Waals surface area (Å²) in [5.74, 6) is 1.94. The van der Waals surface area contributed by atoms with E-state index in [2.05, 4.69) is 32.3 Å². The van der Waals surface area contributed by atoms with Crippen LogP contribution >= 0.6 is 0 Å². The molecule has 0 bridgehead atoms. The molecule has 2 aliphatic rings. The first-order valence-electron chi connectivity index (χ1n) is 9.63. The van der Waals surface area contributed by atoms with Gasteiger partial charge in [-0.2, -0.15) is 0 Å². The highest BCUT2D eigenvalue weighted by Crippen LogP contribution is 2.32. The summed E-state index contributed by atoms with van der Waals surface area (Å²) in [7, 11) is 1.75. The molecule has 6 heteroatoms. The summed E-state index contributed by atoms with van der Waals surface area (Å²) in [6.07, 6.45) is 8.80. The quantitative estimate of drug-likeness (QED) is 0.902. The summed E-state index contributed by atoms with van der Waals surface area (Å²) in [4.78, 5) is 1.55. The monoisotopic (exact) mass is 342 g/mol. The molecule has 2 heterocycles. The molecule has 134 valence electrons. The summed E-state index contributed by atoms with van der Waals surface area (Å²) in [6.45, 7) is 2.33. The molecule has 1 aromatic heterocycles. The number of para-hydroxylation sites is 1. The second-order valence-electron chi connectivity index (χ2n) is 7.31. The molecule has 1 saturated carbocycles. The van der Waals surface area contributed by atoms with Crippen molar-refractivity contribution in [2.24, 2.45) is 0 Å². The minimum atomic E-state index is 0.149. The fourth-order valence-corrected chi connectivity index (χ4v) is 4.54. The highest BCUT2D eigenvalue weighted by atomic mass is 16.5. The summed E-state index contributed by atoms with van der Waals surface area (Å²) in [5, 5.41) is 13.0. The van der Waals surface area contributed by atoms with Crippen molar-refractivity contribution in [3.63, 3.8) is 0 Å². The van der Waals surface area contributed by atoms with Crippen molar-refractivity contribution in [1.82, 2.24) is 20.2 Å². The van der Waals surface area contributed by atoms with Crippen LogP contribution in [0.4, 0.5) is 0 Å². The number of tetrazole rings is 1. The second kappa shape index (κ2) is 7.52. The van der Waals surface area contributed by atoms with E-state index in [1.165, 1.54) is 63.6 Å². The molecule has 1 atom stereocenters. The number of methoxy groups -OCH3 is 1. The zero-order valence-corrected chi connectivity index (χ0v) is 15.0. The number of quaternary nitrogens is 1. The molecule has 2 fully saturated rings. The Bertz CT molecular complexity index is 689. The molecule has 1 aromatic carbocycles. The average molecular weight is 342 g/mol. The van der Waals surface area contributed by atoms with Crippen molar-refractivity contribution < 1.29 is 9.64 Å². The number of hydrogen-bond acceptors (Lipinski definition) is 4. The SMILES string of the molecule is COc1ccccc1[C@H](c1nnnn1C1CCCCC1)[NH+]1CCCC1. The van der Waals surface area contributed by atoms with Gasteiger partial charge < -0.3 is 9.64 Å². The third-order valence-corrected chi connectivity index (χ3v) is 5.80. The molecular weight excluding hydrogens is 314 g/mol. The Balaban J connectivity index is 1.75. The van der Waals surface area contributed by atoms with E-state index in [0.29, 0.717) is 6.04 Å². The van der Waals surface area contributed by atoms with Crippen molar-refractivity contribution in [3.8, 4) is 5.75 Å². The zero-order chi connectivity index (χ0) is 17.1. The number of benzene rings is 1. The van der Waals surface area contributed by atoms with Gasteiger partial charge in [0.05, 0.1) is 31.8 Å². The molecular formula is C19H28N5O+. The van der Waals surface area contributed by atoms with Gasteiger partial charge in [-0.15, -0.1) is 5.10 Å². The van der Waals surface area contributed by atoms with E-state index in [-0.39, 0.29) is 6.04 Å². The van der Waals surface area contributed by atoms with Gasteiger partial charge in [0.15, 0.2) is 6.04 Å². The highest BCUT2D eigenvalue weighted by Gasteiger charge is 2.36. The lowest BCUT2D eigenvalue weighted by Crippen LogP contribution is -3.10. The fourth-order valence-electron chi connectivity index (χ4n) is 4.54. The van der Waals surface area contributed by atoms with Gasteiger partial charge in [-0.05, 0) is 35.4 Å². The Kier molecular flexibility index (Phi) is 4.97. The van der Waals surface area contributed by atoms with Gasteiger partial charge in [-0.1, -0.05) is 31.4 Å². The smallest absolute Gasteiger partial charge is 0.214 e. The maximum absolute atomic E-state index is 5.68. The van der Waals surface area contributed by atoms with Gasteiger partial charge >= 0.3 is 0 Å². The molecule has 1 aliphatic heterocycles. The van der Waals surface area contributed by atoms with Gasteiger partial charge in [0.2, 0.25) is 5.82 Å². The third-order valence-electron chi connectivity index (χ3n) is 5.80. The first kappa shape index (κ1) is 16.5. The number of nitrogens with zero attached hydrogens (tertiary/aromatic N) is 4. The number of rotatable bonds is 5. The van der Waals surface area contributed by atoms with Crippen LogP contribution in [-0.4, -0.2) is 40.4 Å². The van der Waals surface area contributed by atoms with Gasteiger partial charge in [-0.3, -0.25) is 0 Å². The predicted octanol–water partition coefficient (Wildman–Crippen LogP) is 1.95. The van der Waals surface area contributed by atoms with Crippen molar-refractivity contribution in [2.75, 3.05) is 20.2 Å². The van der Waals surface area contributed by atoms with E-state index in [1.807, 2.05) is 12.1 Å². The lowest BCUT2D eigenvalue weighted by molar-refractivity contribution is -0.914. The van der Waals surface area contributed by atoms with Gasteiger partial charge in [-0.25, -0.2) is 4.68 Å². The van der Waals surface area contributed by atoms with Gasteiger partial charge in [0, 0.05) is 12.8 Å². The Morgan fingerprint density at radius 1 is 1.08 bits per heavy atom. The highest BCUT2D eigenvalue weighted by molar-refractivity contribution is 5.37. The van der Waals surface area contributed by atoms with Crippen molar-refractivity contribution >= 4 is 0 Å². The standard InChI is InChI=1S/C19H27N5O/c1-25-17-12-6-5-11-16(17)18(23-13-7-8-14-23)19-20-21-22-24(19)15-9-3-2-4-10-15/h5-6,11-12,15,18H,2-4,7-10,13-14H2,1H3/p+1/t18-/m1/s1. The van der Waals surface area contributed by atoms with Crippen molar-refractivity contribution in [3.05, 3.63) is 35.7 Å². The van der Waals surface area contributed by atoms with Crippen LogP contribution in [0, 0.1) is 0 Å². The minimum absolute atomic E-state index is 0.149. The van der Waals surface area contributed by atoms with Crippen LogP contribution in [-0.2, 0) is 0 Å². The lowest BCUT2D eigenvalue weighted by Gasteiger charge is -2.28. The number of likely N-dealkylation sites (tertiary alicyclic amines) is 1. The molecule has 1 N–H and O–H groups in total. The molecule has 1 aliphatic carbocycles. The molecule has 0 spiro atoms. The minimum Gasteiger partial charge on any atom is -0.496 e. The van der Waals surface area contributed by atoms with Crippen LogP contribution in [0.5, 0.6) is 5.75 Å². The van der Waals surface area contributed by atoms with Crippen molar-refractivity contribution in [1.29, 1.82) is 0 Å². The van der Waals surface area contributed by atoms with E-state index >= 15 is 0 Å². The first-order valence-corrected chi connectivity index (χ1v) is 9.63. The fraction of sp³-hybridized carbons (Fsp3) is 0.632. The average Bonchev–Trinajstić information content (AvgIpc) is 3.36. The summed E-state index contributed by atoms with van der Waals surface area (Å²) in [6, 6.07) is 8.94. The van der Waals surface area contributed by atoms with E-state index < -0.39 is 0 Å². The first-order chi connectivity index (χ1) is 12.4.